The van der Waals surface area contributed by atoms with E-state index in [0.717, 1.165) is 6.08 Å². The highest BCUT2D eigenvalue weighted by atomic mass is 35.5. The molecule has 0 aliphatic carbocycles. The summed E-state index contributed by atoms with van der Waals surface area (Å²) < 4.78 is 0. The van der Waals surface area contributed by atoms with Gasteiger partial charge in [0.15, 0.2) is 0 Å². The summed E-state index contributed by atoms with van der Waals surface area (Å²) in [6.45, 7) is 0. The smallest absolute Gasteiger partial charge is 0.270 e. The molecule has 2 N–H and O–H groups in total. The monoisotopic (exact) mass is 326 g/mol. The third-order valence-electron chi connectivity index (χ3n) is 3.48. The van der Waals surface area contributed by atoms with E-state index in [1.54, 1.807) is 30.3 Å². The highest BCUT2D eigenvalue weighted by Gasteiger charge is 2.40. The van der Waals surface area contributed by atoms with Gasteiger partial charge in [-0.3, -0.25) is 14.4 Å². The van der Waals surface area contributed by atoms with E-state index in [1.807, 2.05) is 0 Å². The van der Waals surface area contributed by atoms with Crippen molar-refractivity contribution in [2.45, 2.75) is 0 Å². The fourth-order valence-electron chi connectivity index (χ4n) is 2.36. The first-order chi connectivity index (χ1) is 11.0. The maximum Gasteiger partial charge on any atom is 0.270 e. The summed E-state index contributed by atoms with van der Waals surface area (Å²) in [7, 11) is 0. The van der Waals surface area contributed by atoms with Crippen LogP contribution in [0.2, 0.25) is 5.02 Å². The van der Waals surface area contributed by atoms with Crippen LogP contribution in [0.15, 0.2) is 48.5 Å². The molecule has 114 valence electrons. The van der Waals surface area contributed by atoms with Crippen LogP contribution in [0.5, 0.6) is 0 Å². The maximum atomic E-state index is 12.3. The lowest BCUT2D eigenvalue weighted by atomic mass is 10.1. The third kappa shape index (κ3) is 2.51. The minimum Gasteiger partial charge on any atom is -0.398 e. The van der Waals surface area contributed by atoms with Crippen LogP contribution in [0.4, 0.5) is 5.69 Å². The van der Waals surface area contributed by atoms with Crippen LogP contribution in [0.25, 0.3) is 6.08 Å². The first-order valence-corrected chi connectivity index (χ1v) is 7.12. The molecule has 5 nitrogen and oxygen atoms in total. The molecule has 1 aliphatic heterocycles. The summed E-state index contributed by atoms with van der Waals surface area (Å²) >= 11 is 5.99. The molecule has 0 saturated carbocycles. The van der Waals surface area contributed by atoms with Gasteiger partial charge in [0.05, 0.1) is 11.1 Å². The lowest BCUT2D eigenvalue weighted by Gasteiger charge is -2.08. The molecule has 0 saturated heterocycles. The number of anilines is 1. The normalized spacial score (nSPS) is 13.7. The Morgan fingerprint density at radius 3 is 2.48 bits per heavy atom. The van der Waals surface area contributed by atoms with Gasteiger partial charge in [-0.1, -0.05) is 35.9 Å². The number of hydrogen-bond acceptors (Lipinski definition) is 4. The van der Waals surface area contributed by atoms with Crippen molar-refractivity contribution in [2.24, 2.45) is 0 Å². The Bertz CT molecular complexity index is 874. The molecule has 0 unspecified atom stereocenters. The zero-order valence-corrected chi connectivity index (χ0v) is 12.6. The average molecular weight is 327 g/mol. The van der Waals surface area contributed by atoms with E-state index in [0.29, 0.717) is 15.5 Å². The van der Waals surface area contributed by atoms with E-state index in [1.165, 1.54) is 18.2 Å². The minimum absolute atomic E-state index is 0.0667. The van der Waals surface area contributed by atoms with Crippen LogP contribution in [-0.2, 0) is 4.79 Å². The molecular formula is C17H11ClN2O3. The lowest BCUT2D eigenvalue weighted by Crippen LogP contribution is -2.34. The topological polar surface area (TPSA) is 80.5 Å². The van der Waals surface area contributed by atoms with Gasteiger partial charge >= 0.3 is 0 Å². The molecule has 0 radical (unpaired) electrons. The van der Waals surface area contributed by atoms with Crippen LogP contribution < -0.4 is 5.73 Å². The van der Waals surface area contributed by atoms with Crippen molar-refractivity contribution in [1.82, 2.24) is 4.90 Å². The average Bonchev–Trinajstić information content (AvgIpc) is 2.79. The molecule has 3 amide bonds. The van der Waals surface area contributed by atoms with Gasteiger partial charge in [0.25, 0.3) is 17.7 Å². The molecule has 3 rings (SSSR count). The fraction of sp³-hybridized carbons (Fsp3) is 0. The van der Waals surface area contributed by atoms with E-state index in [-0.39, 0.29) is 16.8 Å². The lowest BCUT2D eigenvalue weighted by molar-refractivity contribution is -0.121. The molecule has 23 heavy (non-hydrogen) atoms. The second kappa shape index (κ2) is 5.70. The standard InChI is InChI=1S/C17H11ClN2O3/c18-12-6-2-1-4-10(12)8-9-14(21)20-16(22)11-5-3-7-13(19)15(11)17(20)23/h1-9H,19H2. The van der Waals surface area contributed by atoms with Crippen molar-refractivity contribution in [3.8, 4) is 0 Å². The number of carbonyl (C=O) groups is 3. The summed E-state index contributed by atoms with van der Waals surface area (Å²) in [5, 5.41) is 0.461. The van der Waals surface area contributed by atoms with E-state index in [4.69, 9.17) is 17.3 Å². The molecule has 2 aromatic carbocycles. The van der Waals surface area contributed by atoms with Crippen LogP contribution >= 0.6 is 11.6 Å². The van der Waals surface area contributed by atoms with Gasteiger partial charge in [-0.05, 0) is 29.8 Å². The second-order valence-electron chi connectivity index (χ2n) is 4.91. The van der Waals surface area contributed by atoms with Gasteiger partial charge in [0.1, 0.15) is 0 Å². The Kier molecular flexibility index (Phi) is 3.72. The number of amides is 3. The number of carbonyl (C=O) groups excluding carboxylic acids is 3. The SMILES string of the molecule is Nc1cccc2c1C(=O)N(C(=O)C=Cc1ccccc1Cl)C2=O. The number of hydrogen-bond donors (Lipinski definition) is 1. The van der Waals surface area contributed by atoms with Gasteiger partial charge < -0.3 is 5.73 Å². The number of nitrogen functional groups attached to an aromatic ring is 1. The molecule has 0 spiro atoms. The quantitative estimate of drug-likeness (QED) is 0.523. The number of nitrogens with two attached hydrogens (primary N) is 1. The van der Waals surface area contributed by atoms with Crippen molar-refractivity contribution < 1.29 is 14.4 Å². The Labute approximate surface area is 137 Å². The Morgan fingerprint density at radius 2 is 1.78 bits per heavy atom. The highest BCUT2D eigenvalue weighted by molar-refractivity contribution is 6.33. The number of nitrogens with zero attached hydrogens (tertiary/aromatic N) is 1. The summed E-state index contributed by atoms with van der Waals surface area (Å²) in [6, 6.07) is 11.5. The number of benzene rings is 2. The zero-order valence-electron chi connectivity index (χ0n) is 11.8. The minimum atomic E-state index is -0.740. The van der Waals surface area contributed by atoms with Crippen molar-refractivity contribution in [3.63, 3.8) is 0 Å². The Hall–Kier alpha value is -2.92. The number of rotatable bonds is 2. The predicted molar refractivity (Wildman–Crippen MR) is 86.8 cm³/mol. The van der Waals surface area contributed by atoms with E-state index < -0.39 is 17.7 Å². The summed E-state index contributed by atoms with van der Waals surface area (Å²) in [4.78, 5) is 37.4. The first-order valence-electron chi connectivity index (χ1n) is 6.74. The maximum absolute atomic E-state index is 12.3. The number of halogens is 1. The molecule has 0 aromatic heterocycles. The van der Waals surface area contributed by atoms with Crippen LogP contribution in [-0.4, -0.2) is 22.6 Å². The Balaban J connectivity index is 1.90. The highest BCUT2D eigenvalue weighted by Crippen LogP contribution is 2.28. The van der Waals surface area contributed by atoms with Crippen LogP contribution in [0.3, 0.4) is 0 Å². The molecule has 0 atom stereocenters. The van der Waals surface area contributed by atoms with E-state index in [2.05, 4.69) is 0 Å². The van der Waals surface area contributed by atoms with Gasteiger partial charge in [-0.15, -0.1) is 0 Å². The van der Waals surface area contributed by atoms with Crippen LogP contribution in [0, 0.1) is 0 Å². The molecular weight excluding hydrogens is 316 g/mol. The second-order valence-corrected chi connectivity index (χ2v) is 5.32. The molecule has 1 aliphatic rings. The van der Waals surface area contributed by atoms with Crippen molar-refractivity contribution in [2.75, 3.05) is 5.73 Å². The van der Waals surface area contributed by atoms with Crippen molar-refractivity contribution in [3.05, 3.63) is 70.3 Å². The number of imide groups is 3. The van der Waals surface area contributed by atoms with Gasteiger partial charge in [-0.2, -0.15) is 0 Å². The van der Waals surface area contributed by atoms with E-state index >= 15 is 0 Å². The van der Waals surface area contributed by atoms with Crippen molar-refractivity contribution >= 4 is 41.1 Å². The fourth-order valence-corrected chi connectivity index (χ4v) is 2.56. The molecule has 1 heterocycles. The van der Waals surface area contributed by atoms with Gasteiger partial charge in [-0.25, -0.2) is 4.90 Å². The molecule has 2 aromatic rings. The van der Waals surface area contributed by atoms with Gasteiger partial charge in [0.2, 0.25) is 0 Å². The predicted octanol–water partition coefficient (Wildman–Crippen LogP) is 2.76. The molecule has 6 heteroatoms. The largest absolute Gasteiger partial charge is 0.398 e. The summed E-state index contributed by atoms with van der Waals surface area (Å²) in [6.07, 6.45) is 2.59. The first kappa shape index (κ1) is 15.0. The zero-order chi connectivity index (χ0) is 16.6. The van der Waals surface area contributed by atoms with E-state index in [9.17, 15) is 14.4 Å². The molecule has 0 bridgehead atoms. The van der Waals surface area contributed by atoms with Crippen LogP contribution in [0.1, 0.15) is 26.3 Å². The summed E-state index contributed by atoms with van der Waals surface area (Å²) in [5.74, 6) is -2.13. The Morgan fingerprint density at radius 1 is 1.04 bits per heavy atom. The van der Waals surface area contributed by atoms with Gasteiger partial charge in [0, 0.05) is 16.8 Å². The number of fused-ring (bicyclic) bond motifs is 1. The summed E-state index contributed by atoms with van der Waals surface area (Å²) in [5.41, 5.74) is 6.71. The third-order valence-corrected chi connectivity index (χ3v) is 3.82. The molecule has 0 fully saturated rings. The van der Waals surface area contributed by atoms with Crippen molar-refractivity contribution in [1.29, 1.82) is 0 Å².